The molecule has 0 saturated carbocycles. The number of rotatable bonds is 8. The van der Waals surface area contributed by atoms with Crippen LogP contribution in [0, 0.1) is 5.82 Å². The molecule has 10 heteroatoms. The monoisotopic (exact) mass is 478 g/mol. The highest BCUT2D eigenvalue weighted by atomic mass is 19.1. The molecule has 9 nitrogen and oxygen atoms in total. The molecule has 182 valence electrons. The number of aromatic nitrogens is 4. The molecule has 0 saturated heterocycles. The lowest BCUT2D eigenvalue weighted by molar-refractivity contribution is -0.114. The van der Waals surface area contributed by atoms with Gasteiger partial charge in [0.1, 0.15) is 17.2 Å². The zero-order chi connectivity index (χ0) is 25.1. The van der Waals surface area contributed by atoms with E-state index in [1.54, 1.807) is 36.4 Å². The predicted molar refractivity (Wildman–Crippen MR) is 133 cm³/mol. The zero-order valence-corrected chi connectivity index (χ0v) is 19.6. The lowest BCUT2D eigenvalue weighted by Crippen LogP contribution is -2.40. The molecule has 0 aliphatic heterocycles. The number of hydrogen-bond acceptors (Lipinski definition) is 5. The first-order chi connectivity index (χ1) is 16.8. The lowest BCUT2D eigenvalue weighted by atomic mass is 10.1. The third kappa shape index (κ3) is 5.01. The Morgan fingerprint density at radius 3 is 2.63 bits per heavy atom. The summed E-state index contributed by atoms with van der Waals surface area (Å²) in [6.07, 6.45) is 1.81. The molecule has 0 aliphatic rings. The van der Waals surface area contributed by atoms with Crippen molar-refractivity contribution in [2.75, 3.05) is 11.1 Å². The number of hydrogen-bond donors (Lipinski definition) is 3. The number of nitrogen functional groups attached to an aromatic ring is 1. The second-order valence-electron chi connectivity index (χ2n) is 8.43. The van der Waals surface area contributed by atoms with Gasteiger partial charge in [-0.25, -0.2) is 14.2 Å². The van der Waals surface area contributed by atoms with E-state index in [4.69, 9.17) is 5.73 Å². The average molecular weight is 479 g/mol. The second-order valence-corrected chi connectivity index (χ2v) is 8.43. The molecule has 2 aromatic heterocycles. The second kappa shape index (κ2) is 9.96. The number of aryl methyl sites for hydroxylation is 1. The fourth-order valence-electron chi connectivity index (χ4n) is 3.99. The third-order valence-corrected chi connectivity index (χ3v) is 5.73. The number of carbonyl (C=O) groups is 1. The Morgan fingerprint density at radius 2 is 1.91 bits per heavy atom. The van der Waals surface area contributed by atoms with Crippen molar-refractivity contribution < 1.29 is 9.18 Å². The van der Waals surface area contributed by atoms with Crippen molar-refractivity contribution in [2.24, 2.45) is 0 Å². The Hall–Kier alpha value is -4.21. The summed E-state index contributed by atoms with van der Waals surface area (Å²) in [5.41, 5.74) is 7.20. The van der Waals surface area contributed by atoms with Crippen LogP contribution in [-0.4, -0.2) is 25.0 Å². The number of unbranched alkanes of at least 4 members (excludes halogenated alkanes) is 1. The number of carbonyl (C=O) groups excluding carboxylic acids is 1. The molecule has 35 heavy (non-hydrogen) atoms. The maximum atomic E-state index is 14.3. The summed E-state index contributed by atoms with van der Waals surface area (Å²) in [6.45, 7) is 3.58. The van der Waals surface area contributed by atoms with E-state index < -0.39 is 17.1 Å². The number of imidazole rings is 1. The van der Waals surface area contributed by atoms with Gasteiger partial charge in [-0.2, -0.15) is 0 Å². The van der Waals surface area contributed by atoms with Gasteiger partial charge in [0.2, 0.25) is 5.91 Å². The van der Waals surface area contributed by atoms with Gasteiger partial charge in [-0.15, -0.1) is 0 Å². The van der Waals surface area contributed by atoms with Crippen LogP contribution in [0.1, 0.15) is 43.6 Å². The van der Waals surface area contributed by atoms with E-state index in [-0.39, 0.29) is 35.6 Å². The topological polar surface area (TPSA) is 128 Å². The van der Waals surface area contributed by atoms with Gasteiger partial charge in [-0.3, -0.25) is 18.7 Å². The Kier molecular flexibility index (Phi) is 6.81. The van der Waals surface area contributed by atoms with Crippen molar-refractivity contribution >= 4 is 28.4 Å². The van der Waals surface area contributed by atoms with E-state index in [2.05, 4.69) is 15.3 Å². The Morgan fingerprint density at radius 1 is 1.14 bits per heavy atom. The summed E-state index contributed by atoms with van der Waals surface area (Å²) in [7, 11) is 0. The molecule has 0 spiro atoms. The smallest absolute Gasteiger partial charge is 0.333 e. The quantitative estimate of drug-likeness (QED) is 0.336. The number of nitrogens with two attached hydrogens (primary N) is 1. The van der Waals surface area contributed by atoms with Crippen LogP contribution >= 0.6 is 0 Å². The number of halogens is 1. The molecule has 0 bridgehead atoms. The van der Waals surface area contributed by atoms with Gasteiger partial charge in [0.15, 0.2) is 5.65 Å². The van der Waals surface area contributed by atoms with Crippen molar-refractivity contribution in [2.45, 2.75) is 46.2 Å². The van der Waals surface area contributed by atoms with E-state index in [1.165, 1.54) is 17.6 Å². The molecule has 2 aromatic carbocycles. The summed E-state index contributed by atoms with van der Waals surface area (Å²) < 4.78 is 16.8. The first-order valence-electron chi connectivity index (χ1n) is 11.4. The van der Waals surface area contributed by atoms with Gasteiger partial charge < -0.3 is 16.0 Å². The Balaban J connectivity index is 1.82. The Labute approximate surface area is 200 Å². The van der Waals surface area contributed by atoms with Crippen LogP contribution in [0.3, 0.4) is 0 Å². The van der Waals surface area contributed by atoms with Crippen LogP contribution in [0.15, 0.2) is 52.1 Å². The molecule has 0 atom stereocenters. The first kappa shape index (κ1) is 23.9. The number of anilines is 2. The van der Waals surface area contributed by atoms with Gasteiger partial charge >= 0.3 is 5.69 Å². The van der Waals surface area contributed by atoms with Crippen LogP contribution in [0.4, 0.5) is 15.8 Å². The highest BCUT2D eigenvalue weighted by Gasteiger charge is 2.19. The van der Waals surface area contributed by atoms with Crippen LogP contribution < -0.4 is 22.3 Å². The van der Waals surface area contributed by atoms with Crippen molar-refractivity contribution in [3.63, 3.8) is 0 Å². The summed E-state index contributed by atoms with van der Waals surface area (Å²) in [5, 5.41) is 2.75. The van der Waals surface area contributed by atoms with E-state index in [0.29, 0.717) is 30.2 Å². The predicted octanol–water partition coefficient (Wildman–Crippen LogP) is 3.01. The summed E-state index contributed by atoms with van der Waals surface area (Å²) in [6, 6.07) is 11.2. The van der Waals surface area contributed by atoms with Gasteiger partial charge in [0.25, 0.3) is 5.56 Å². The molecule has 4 rings (SSSR count). The largest absolute Gasteiger partial charge is 0.399 e. The van der Waals surface area contributed by atoms with Crippen molar-refractivity contribution in [1.82, 2.24) is 19.1 Å². The van der Waals surface area contributed by atoms with E-state index in [1.807, 2.05) is 6.92 Å². The fourth-order valence-corrected chi connectivity index (χ4v) is 3.99. The molecule has 0 unspecified atom stereocenters. The van der Waals surface area contributed by atoms with Gasteiger partial charge in [0, 0.05) is 36.8 Å². The number of fused-ring (bicyclic) bond motifs is 1. The van der Waals surface area contributed by atoms with E-state index in [0.717, 1.165) is 16.6 Å². The maximum Gasteiger partial charge on any atom is 0.333 e. The van der Waals surface area contributed by atoms with Crippen molar-refractivity contribution in [1.29, 1.82) is 0 Å². The van der Waals surface area contributed by atoms with Crippen molar-refractivity contribution in [3.05, 3.63) is 86.1 Å². The maximum absolute atomic E-state index is 14.3. The molecule has 0 radical (unpaired) electrons. The van der Waals surface area contributed by atoms with Crippen LogP contribution in [0.25, 0.3) is 11.2 Å². The SMILES string of the molecule is CCCCn1c(=O)n(Cc2ccccc2F)c(=O)c2[nH]c(Cc3ccc(N)cc3NC(C)=O)nc21. The third-order valence-electron chi connectivity index (χ3n) is 5.73. The van der Waals surface area contributed by atoms with E-state index >= 15 is 0 Å². The molecular weight excluding hydrogens is 451 g/mol. The molecule has 4 aromatic rings. The number of aromatic amines is 1. The number of benzene rings is 2. The highest BCUT2D eigenvalue weighted by molar-refractivity contribution is 5.90. The van der Waals surface area contributed by atoms with Crippen molar-refractivity contribution in [3.8, 4) is 0 Å². The molecule has 0 fully saturated rings. The minimum Gasteiger partial charge on any atom is -0.399 e. The van der Waals surface area contributed by atoms with E-state index in [9.17, 15) is 18.8 Å². The zero-order valence-electron chi connectivity index (χ0n) is 19.6. The van der Waals surface area contributed by atoms with Gasteiger partial charge in [-0.05, 0) is 30.2 Å². The number of H-pyrrole nitrogens is 1. The van der Waals surface area contributed by atoms with Crippen LogP contribution in [-0.2, 0) is 24.3 Å². The number of amides is 1. The average Bonchev–Trinajstić information content (AvgIpc) is 3.23. The first-order valence-corrected chi connectivity index (χ1v) is 11.4. The van der Waals surface area contributed by atoms with Crippen LogP contribution in [0.2, 0.25) is 0 Å². The van der Waals surface area contributed by atoms with Gasteiger partial charge in [0.05, 0.1) is 6.54 Å². The molecule has 4 N–H and O–H groups in total. The molecule has 0 aliphatic carbocycles. The van der Waals surface area contributed by atoms with Gasteiger partial charge in [-0.1, -0.05) is 37.6 Å². The summed E-state index contributed by atoms with van der Waals surface area (Å²) >= 11 is 0. The standard InChI is InChI=1S/C25H27FN6O3/c1-3-4-11-31-23-22(24(34)32(25(31)35)14-17-7-5-6-8-19(17)26)29-21(30-23)12-16-9-10-18(27)13-20(16)28-15(2)33/h5-10,13H,3-4,11-12,14,27H2,1-2H3,(H,28,33)(H,29,30). The summed E-state index contributed by atoms with van der Waals surface area (Å²) in [5.74, 6) is -0.286. The summed E-state index contributed by atoms with van der Waals surface area (Å²) in [4.78, 5) is 45.8. The Bertz CT molecular complexity index is 1520. The highest BCUT2D eigenvalue weighted by Crippen LogP contribution is 2.22. The normalized spacial score (nSPS) is 11.2. The minimum atomic E-state index is -0.570. The molecular formula is C25H27FN6O3. The number of nitrogens with one attached hydrogen (secondary N) is 2. The fraction of sp³-hybridized carbons (Fsp3) is 0.280. The van der Waals surface area contributed by atoms with Crippen LogP contribution in [0.5, 0.6) is 0 Å². The lowest BCUT2D eigenvalue weighted by Gasteiger charge is -2.11. The minimum absolute atomic E-state index is 0.170. The molecule has 1 amide bonds. The number of nitrogens with zero attached hydrogens (tertiary/aromatic N) is 3. The molecule has 2 heterocycles.